The molecule has 0 atom stereocenters. The van der Waals surface area contributed by atoms with Crippen LogP contribution in [-0.2, 0) is 0 Å². The molecular formula is C28H26ClN2P. The maximum absolute atomic E-state index is 8.00. The Hall–Kier alpha value is -3.19. The van der Waals surface area contributed by atoms with Crippen molar-refractivity contribution in [3.63, 3.8) is 0 Å². The van der Waals surface area contributed by atoms with Crippen LogP contribution in [0.25, 0.3) is 0 Å². The van der Waals surface area contributed by atoms with Crippen LogP contribution < -0.4 is 21.3 Å². The van der Waals surface area contributed by atoms with Gasteiger partial charge in [0.25, 0.3) is 0 Å². The van der Waals surface area contributed by atoms with Crippen LogP contribution in [0.5, 0.6) is 0 Å². The fourth-order valence-corrected chi connectivity index (χ4v) is 9.65. The molecule has 0 spiro atoms. The van der Waals surface area contributed by atoms with Crippen LogP contribution in [0, 0.1) is 0 Å². The molecule has 0 fully saturated rings. The Balaban J connectivity index is 1.74. The van der Waals surface area contributed by atoms with E-state index in [0.717, 1.165) is 21.6 Å². The van der Waals surface area contributed by atoms with Crippen LogP contribution in [0.4, 0.5) is 5.69 Å². The summed E-state index contributed by atoms with van der Waals surface area (Å²) in [7, 11) is 0. The molecule has 0 heterocycles. The van der Waals surface area contributed by atoms with E-state index >= 15 is 0 Å². The summed E-state index contributed by atoms with van der Waals surface area (Å²) in [6, 6.07) is 41.4. The first-order valence-corrected chi connectivity index (χ1v) is 13.9. The minimum atomic E-state index is -3.26. The summed E-state index contributed by atoms with van der Waals surface area (Å²) in [4.78, 5) is 0. The SMILES string of the molecule is ClP(CC=CC=NNc1ccccc1)(c1ccccc1)(c1ccccc1)c1ccccc1. The van der Waals surface area contributed by atoms with Gasteiger partial charge in [-0.3, -0.25) is 0 Å². The summed E-state index contributed by atoms with van der Waals surface area (Å²) in [6.07, 6.45) is 6.55. The number of rotatable bonds is 8. The van der Waals surface area contributed by atoms with Crippen molar-refractivity contribution >= 4 is 45.0 Å². The molecule has 4 heteroatoms. The molecule has 0 bridgehead atoms. The molecule has 4 rings (SSSR count). The molecule has 0 unspecified atom stereocenters. The number of hydrazone groups is 1. The summed E-state index contributed by atoms with van der Waals surface area (Å²) in [5, 5.41) is 7.77. The van der Waals surface area contributed by atoms with E-state index in [-0.39, 0.29) is 0 Å². The number of anilines is 1. The Morgan fingerprint density at radius 2 is 1.03 bits per heavy atom. The van der Waals surface area contributed by atoms with Crippen LogP contribution >= 0.6 is 17.2 Å². The van der Waals surface area contributed by atoms with Crippen LogP contribution in [0.15, 0.2) is 139 Å². The molecule has 0 saturated carbocycles. The van der Waals surface area contributed by atoms with E-state index in [9.17, 15) is 0 Å². The van der Waals surface area contributed by atoms with E-state index in [4.69, 9.17) is 11.2 Å². The van der Waals surface area contributed by atoms with E-state index in [0.29, 0.717) is 6.16 Å². The summed E-state index contributed by atoms with van der Waals surface area (Å²) < 4.78 is 0. The van der Waals surface area contributed by atoms with E-state index in [1.165, 1.54) is 0 Å². The van der Waals surface area contributed by atoms with Crippen molar-refractivity contribution in [2.75, 3.05) is 11.6 Å². The van der Waals surface area contributed by atoms with Crippen molar-refractivity contribution in [1.29, 1.82) is 0 Å². The van der Waals surface area contributed by atoms with Gasteiger partial charge in [0.15, 0.2) is 0 Å². The third kappa shape index (κ3) is 4.39. The Kier molecular flexibility index (Phi) is 6.85. The number of nitrogens with zero attached hydrogens (tertiary/aromatic N) is 1. The number of nitrogens with one attached hydrogen (secondary N) is 1. The van der Waals surface area contributed by atoms with Gasteiger partial charge in [0.2, 0.25) is 0 Å². The van der Waals surface area contributed by atoms with Gasteiger partial charge in [-0.05, 0) is 0 Å². The second-order valence-electron chi connectivity index (χ2n) is 7.56. The van der Waals surface area contributed by atoms with E-state index < -0.39 is 5.96 Å². The topological polar surface area (TPSA) is 24.4 Å². The molecule has 4 aromatic rings. The van der Waals surface area contributed by atoms with Gasteiger partial charge >= 0.3 is 195 Å². The van der Waals surface area contributed by atoms with Crippen LogP contribution in [0.3, 0.4) is 0 Å². The number of hydrogen-bond acceptors (Lipinski definition) is 2. The Bertz CT molecular complexity index is 1080. The van der Waals surface area contributed by atoms with Gasteiger partial charge < -0.3 is 0 Å². The van der Waals surface area contributed by atoms with E-state index in [1.807, 2.05) is 54.6 Å². The van der Waals surface area contributed by atoms with Crippen molar-refractivity contribution in [2.45, 2.75) is 0 Å². The van der Waals surface area contributed by atoms with E-state index in [1.54, 1.807) is 6.21 Å². The summed E-state index contributed by atoms with van der Waals surface area (Å²) >= 11 is 8.00. The molecule has 1 N–H and O–H groups in total. The molecule has 2 nitrogen and oxygen atoms in total. The Morgan fingerprint density at radius 1 is 0.625 bits per heavy atom. The zero-order valence-corrected chi connectivity index (χ0v) is 19.4. The van der Waals surface area contributed by atoms with Gasteiger partial charge in [0.1, 0.15) is 0 Å². The number of allylic oxidation sites excluding steroid dienone is 2. The van der Waals surface area contributed by atoms with Crippen molar-refractivity contribution in [3.05, 3.63) is 133 Å². The monoisotopic (exact) mass is 456 g/mol. The van der Waals surface area contributed by atoms with Crippen molar-refractivity contribution in [1.82, 2.24) is 0 Å². The third-order valence-electron chi connectivity index (χ3n) is 5.60. The minimum absolute atomic E-state index is 0.683. The standard InChI is InChI=1S/C28H26ClN2P/c29-32(26-17-7-2-8-18-26,27-19-9-3-10-20-27,28-21-11-4-12-22-28)24-14-13-23-30-31-25-15-5-1-6-16-25/h1-23,31H,24H2. The van der Waals surface area contributed by atoms with Gasteiger partial charge in [0.05, 0.1) is 0 Å². The number of halogens is 1. The molecule has 4 aromatic carbocycles. The van der Waals surface area contributed by atoms with Gasteiger partial charge in [-0.2, -0.15) is 0 Å². The molecule has 160 valence electrons. The van der Waals surface area contributed by atoms with Gasteiger partial charge in [-0.1, -0.05) is 0 Å². The average Bonchev–Trinajstić information content (AvgIpc) is 2.88. The first-order chi connectivity index (χ1) is 15.7. The third-order valence-corrected chi connectivity index (χ3v) is 12.8. The molecule has 0 aliphatic heterocycles. The number of hydrogen-bond donors (Lipinski definition) is 1. The van der Waals surface area contributed by atoms with Crippen molar-refractivity contribution in [2.24, 2.45) is 5.10 Å². The van der Waals surface area contributed by atoms with E-state index in [2.05, 4.69) is 89.4 Å². The van der Waals surface area contributed by atoms with Gasteiger partial charge in [-0.15, -0.1) is 0 Å². The zero-order valence-electron chi connectivity index (χ0n) is 17.8. The molecule has 0 aliphatic rings. The molecule has 0 saturated heterocycles. The number of para-hydroxylation sites is 1. The van der Waals surface area contributed by atoms with Gasteiger partial charge in [-0.25, -0.2) is 0 Å². The average molecular weight is 457 g/mol. The normalized spacial score (nSPS) is 13.1. The summed E-state index contributed by atoms with van der Waals surface area (Å²) in [6.45, 7) is 0. The predicted molar refractivity (Wildman–Crippen MR) is 144 cm³/mol. The fourth-order valence-electron chi connectivity index (χ4n) is 3.97. The van der Waals surface area contributed by atoms with Crippen molar-refractivity contribution < 1.29 is 0 Å². The summed E-state index contributed by atoms with van der Waals surface area (Å²) in [5.41, 5.74) is 3.99. The van der Waals surface area contributed by atoms with Gasteiger partial charge in [0, 0.05) is 0 Å². The quantitative estimate of drug-likeness (QED) is 0.187. The molecule has 0 radical (unpaired) electrons. The van der Waals surface area contributed by atoms with Crippen LogP contribution in [0.1, 0.15) is 0 Å². The number of benzene rings is 4. The first kappa shape index (κ1) is 22.0. The van der Waals surface area contributed by atoms with Crippen LogP contribution in [0.2, 0.25) is 0 Å². The second-order valence-corrected chi connectivity index (χ2v) is 14.1. The Morgan fingerprint density at radius 3 is 1.47 bits per heavy atom. The fraction of sp³-hybridized carbons (Fsp3) is 0.0357. The molecule has 0 amide bonds. The van der Waals surface area contributed by atoms with Crippen LogP contribution in [-0.4, -0.2) is 12.4 Å². The predicted octanol–water partition coefficient (Wildman–Crippen LogP) is 6.32. The zero-order chi connectivity index (χ0) is 22.1. The molecule has 0 aliphatic carbocycles. The molecule has 0 aromatic heterocycles. The molecular weight excluding hydrogens is 431 g/mol. The molecule has 32 heavy (non-hydrogen) atoms. The first-order valence-electron chi connectivity index (χ1n) is 10.6. The summed E-state index contributed by atoms with van der Waals surface area (Å²) in [5.74, 6) is -3.26. The second kappa shape index (κ2) is 9.96. The van der Waals surface area contributed by atoms with Crippen molar-refractivity contribution in [3.8, 4) is 0 Å². The Labute approximate surface area is 195 Å². The maximum atomic E-state index is 8.00.